The minimum atomic E-state index is 0.217. The Balaban J connectivity index is 1.68. The van der Waals surface area contributed by atoms with Crippen LogP contribution in [0.1, 0.15) is 45.0 Å². The lowest BCUT2D eigenvalue weighted by molar-refractivity contribution is 0.0958. The molecule has 0 heterocycles. The molecule has 2 aliphatic rings. The number of carbonyl (C=O) groups excluding carboxylic acids is 1. The zero-order valence-electron chi connectivity index (χ0n) is 12.6. The summed E-state index contributed by atoms with van der Waals surface area (Å²) in [7, 11) is 0. The third-order valence-electron chi connectivity index (χ3n) is 5.29. The van der Waals surface area contributed by atoms with Crippen LogP contribution >= 0.6 is 0 Å². The van der Waals surface area contributed by atoms with Crippen LogP contribution in [-0.2, 0) is 6.42 Å². The fourth-order valence-corrected chi connectivity index (χ4v) is 4.10. The van der Waals surface area contributed by atoms with E-state index < -0.39 is 0 Å². The largest absolute Gasteiger partial charge is 0.294 e. The highest BCUT2D eigenvalue weighted by atomic mass is 16.1. The summed E-state index contributed by atoms with van der Waals surface area (Å²) < 4.78 is 0. The Morgan fingerprint density at radius 1 is 1.10 bits per heavy atom. The Labute approximate surface area is 126 Å². The van der Waals surface area contributed by atoms with E-state index in [4.69, 9.17) is 0 Å². The number of fused-ring (bicyclic) bond motifs is 3. The summed E-state index contributed by atoms with van der Waals surface area (Å²) in [6.45, 7) is 4.11. The fourth-order valence-electron chi connectivity index (χ4n) is 4.10. The monoisotopic (exact) mass is 276 g/mol. The molecule has 3 atom stereocenters. The fraction of sp³-hybridized carbons (Fsp3) is 0.350. The highest BCUT2D eigenvalue weighted by Gasteiger charge is 2.56. The molecule has 0 aliphatic heterocycles. The minimum Gasteiger partial charge on any atom is -0.294 e. The van der Waals surface area contributed by atoms with E-state index in [1.807, 2.05) is 6.92 Å². The van der Waals surface area contributed by atoms with Crippen molar-refractivity contribution >= 4 is 5.78 Å². The second-order valence-electron chi connectivity index (χ2n) is 6.64. The number of carbonyl (C=O) groups is 1. The van der Waals surface area contributed by atoms with Crippen molar-refractivity contribution in [2.45, 2.75) is 32.6 Å². The minimum absolute atomic E-state index is 0.217. The van der Waals surface area contributed by atoms with Crippen molar-refractivity contribution < 1.29 is 4.79 Å². The van der Waals surface area contributed by atoms with Crippen LogP contribution in [0.15, 0.2) is 42.5 Å². The van der Waals surface area contributed by atoms with E-state index in [2.05, 4.69) is 49.4 Å². The van der Waals surface area contributed by atoms with E-state index >= 15 is 0 Å². The van der Waals surface area contributed by atoms with Gasteiger partial charge in [-0.2, -0.15) is 0 Å². The number of hydrogen-bond donors (Lipinski definition) is 0. The van der Waals surface area contributed by atoms with Gasteiger partial charge < -0.3 is 0 Å². The van der Waals surface area contributed by atoms with E-state index in [1.165, 1.54) is 23.1 Å². The first-order chi connectivity index (χ1) is 10.2. The Kier molecular flexibility index (Phi) is 2.78. The SMILES string of the molecule is Cc1ccc(C)c(C(=O)C2C3CCc4ccccc4C32)c1. The average Bonchev–Trinajstić information content (AvgIpc) is 3.24. The maximum Gasteiger partial charge on any atom is 0.167 e. The van der Waals surface area contributed by atoms with E-state index in [9.17, 15) is 4.79 Å². The normalized spacial score (nSPS) is 25.9. The summed E-state index contributed by atoms with van der Waals surface area (Å²) >= 11 is 0. The molecule has 106 valence electrons. The molecule has 1 nitrogen and oxygen atoms in total. The average molecular weight is 276 g/mol. The highest BCUT2D eigenvalue weighted by molar-refractivity contribution is 6.02. The number of benzene rings is 2. The summed E-state index contributed by atoms with van der Waals surface area (Å²) in [6.07, 6.45) is 2.30. The number of rotatable bonds is 2. The van der Waals surface area contributed by atoms with Gasteiger partial charge in [-0.3, -0.25) is 4.79 Å². The van der Waals surface area contributed by atoms with Crippen molar-refractivity contribution in [2.75, 3.05) is 0 Å². The van der Waals surface area contributed by atoms with Crippen molar-refractivity contribution in [1.29, 1.82) is 0 Å². The van der Waals surface area contributed by atoms with Crippen LogP contribution in [0.5, 0.6) is 0 Å². The highest BCUT2D eigenvalue weighted by Crippen LogP contribution is 2.60. The summed E-state index contributed by atoms with van der Waals surface area (Å²) in [6, 6.07) is 14.9. The third-order valence-corrected chi connectivity index (χ3v) is 5.29. The molecule has 0 saturated heterocycles. The van der Waals surface area contributed by atoms with Gasteiger partial charge in [-0.15, -0.1) is 0 Å². The van der Waals surface area contributed by atoms with E-state index in [0.717, 1.165) is 17.5 Å². The molecule has 3 unspecified atom stereocenters. The molecule has 0 aromatic heterocycles. The number of aryl methyl sites for hydroxylation is 3. The second-order valence-corrected chi connectivity index (χ2v) is 6.64. The lowest BCUT2D eigenvalue weighted by Gasteiger charge is -2.13. The molecule has 2 aromatic rings. The van der Waals surface area contributed by atoms with E-state index in [0.29, 0.717) is 17.6 Å². The smallest absolute Gasteiger partial charge is 0.167 e. The molecule has 0 bridgehead atoms. The van der Waals surface area contributed by atoms with Gasteiger partial charge in [-0.1, -0.05) is 42.0 Å². The van der Waals surface area contributed by atoms with Crippen molar-refractivity contribution in [3.05, 3.63) is 70.3 Å². The molecule has 0 amide bonds. The topological polar surface area (TPSA) is 17.1 Å². The summed E-state index contributed by atoms with van der Waals surface area (Å²) in [5.74, 6) is 1.63. The predicted octanol–water partition coefficient (Wildman–Crippen LogP) is 4.46. The third kappa shape index (κ3) is 1.95. The Morgan fingerprint density at radius 3 is 2.76 bits per heavy atom. The zero-order chi connectivity index (χ0) is 14.6. The molecule has 1 fully saturated rings. The molecule has 2 aromatic carbocycles. The first-order valence-electron chi connectivity index (χ1n) is 7.86. The summed E-state index contributed by atoms with van der Waals surface area (Å²) in [5.41, 5.74) is 6.11. The van der Waals surface area contributed by atoms with E-state index in [1.54, 1.807) is 0 Å². The van der Waals surface area contributed by atoms with Crippen molar-refractivity contribution in [3.63, 3.8) is 0 Å². The lowest BCUT2D eigenvalue weighted by atomic mass is 9.92. The number of hydrogen-bond acceptors (Lipinski definition) is 1. The van der Waals surface area contributed by atoms with Crippen LogP contribution in [-0.4, -0.2) is 5.78 Å². The first-order valence-corrected chi connectivity index (χ1v) is 7.86. The van der Waals surface area contributed by atoms with Gasteiger partial charge in [-0.25, -0.2) is 0 Å². The first kappa shape index (κ1) is 12.8. The molecule has 21 heavy (non-hydrogen) atoms. The van der Waals surface area contributed by atoms with Gasteiger partial charge >= 0.3 is 0 Å². The standard InChI is InChI=1S/C20H20O/c1-12-7-8-13(2)17(11-12)20(21)19-16-10-9-14-5-3-4-6-15(14)18(16)19/h3-8,11,16,18-19H,9-10H2,1-2H3. The van der Waals surface area contributed by atoms with Crippen LogP contribution in [0, 0.1) is 25.7 Å². The van der Waals surface area contributed by atoms with E-state index in [-0.39, 0.29) is 5.92 Å². The lowest BCUT2D eigenvalue weighted by Crippen LogP contribution is -2.06. The van der Waals surface area contributed by atoms with Gasteiger partial charge in [0.15, 0.2) is 5.78 Å². The maximum atomic E-state index is 13.0. The molecule has 0 spiro atoms. The van der Waals surface area contributed by atoms with Crippen LogP contribution in [0.4, 0.5) is 0 Å². The van der Waals surface area contributed by atoms with Gasteiger partial charge in [0.25, 0.3) is 0 Å². The predicted molar refractivity (Wildman–Crippen MR) is 84.7 cm³/mol. The zero-order valence-corrected chi connectivity index (χ0v) is 12.6. The van der Waals surface area contributed by atoms with Crippen molar-refractivity contribution in [3.8, 4) is 0 Å². The Hall–Kier alpha value is -1.89. The van der Waals surface area contributed by atoms with Crippen LogP contribution in [0.25, 0.3) is 0 Å². The van der Waals surface area contributed by atoms with Gasteiger partial charge in [0.1, 0.15) is 0 Å². The van der Waals surface area contributed by atoms with Gasteiger partial charge in [0.2, 0.25) is 0 Å². The van der Waals surface area contributed by atoms with Crippen molar-refractivity contribution in [1.82, 2.24) is 0 Å². The number of ketones is 1. The quantitative estimate of drug-likeness (QED) is 0.740. The molecule has 2 aliphatic carbocycles. The van der Waals surface area contributed by atoms with Gasteiger partial charge in [-0.05, 0) is 61.3 Å². The second kappa shape index (κ2) is 4.56. The number of Topliss-reactive ketones (excluding diaryl/α,β-unsaturated/α-hetero) is 1. The van der Waals surface area contributed by atoms with Crippen molar-refractivity contribution in [2.24, 2.45) is 11.8 Å². The van der Waals surface area contributed by atoms with Crippen LogP contribution in [0.3, 0.4) is 0 Å². The molecule has 0 radical (unpaired) electrons. The van der Waals surface area contributed by atoms with Gasteiger partial charge in [0.05, 0.1) is 0 Å². The molecular formula is C20H20O. The summed E-state index contributed by atoms with van der Waals surface area (Å²) in [4.78, 5) is 13.0. The molecule has 1 saturated carbocycles. The Morgan fingerprint density at radius 2 is 1.90 bits per heavy atom. The summed E-state index contributed by atoms with van der Waals surface area (Å²) in [5, 5.41) is 0. The molecule has 0 N–H and O–H groups in total. The molecule has 4 rings (SSSR count). The van der Waals surface area contributed by atoms with Crippen LogP contribution < -0.4 is 0 Å². The molecular weight excluding hydrogens is 256 g/mol. The Bertz CT molecular complexity index is 728. The maximum absolute atomic E-state index is 13.0. The molecule has 1 heteroatoms. The van der Waals surface area contributed by atoms with Crippen LogP contribution in [0.2, 0.25) is 0 Å². The van der Waals surface area contributed by atoms with Gasteiger partial charge in [0, 0.05) is 11.5 Å².